The lowest BCUT2D eigenvalue weighted by molar-refractivity contribution is 0.538. The minimum atomic E-state index is -3.49. The zero-order valence-corrected chi connectivity index (χ0v) is 11.5. The summed E-state index contributed by atoms with van der Waals surface area (Å²) in [6, 6.07) is 1.67. The molecular weight excluding hydrogens is 250 g/mol. The van der Waals surface area contributed by atoms with E-state index in [-0.39, 0.29) is 10.9 Å². The molecule has 0 bridgehead atoms. The predicted molar refractivity (Wildman–Crippen MR) is 70.9 cm³/mol. The Morgan fingerprint density at radius 1 is 1.50 bits per heavy atom. The Morgan fingerprint density at radius 2 is 2.22 bits per heavy atom. The number of rotatable bonds is 6. The van der Waals surface area contributed by atoms with Gasteiger partial charge in [-0.3, -0.25) is 4.98 Å². The van der Waals surface area contributed by atoms with E-state index in [2.05, 4.69) is 15.0 Å². The lowest BCUT2D eigenvalue weighted by Gasteiger charge is -2.15. The highest BCUT2D eigenvalue weighted by atomic mass is 32.2. The summed E-state index contributed by atoms with van der Waals surface area (Å²) < 4.78 is 27.3. The third-order valence-corrected chi connectivity index (χ3v) is 4.70. The van der Waals surface area contributed by atoms with Crippen molar-refractivity contribution in [3.05, 3.63) is 18.5 Å². The van der Waals surface area contributed by atoms with Crippen molar-refractivity contribution in [2.75, 3.05) is 11.9 Å². The van der Waals surface area contributed by atoms with E-state index < -0.39 is 10.0 Å². The van der Waals surface area contributed by atoms with E-state index in [1.54, 1.807) is 12.3 Å². The highest BCUT2D eigenvalue weighted by Crippen LogP contribution is 2.33. The van der Waals surface area contributed by atoms with Crippen LogP contribution in [0.2, 0.25) is 0 Å². The van der Waals surface area contributed by atoms with Crippen molar-refractivity contribution >= 4 is 15.7 Å². The van der Waals surface area contributed by atoms with Gasteiger partial charge in [0.2, 0.25) is 10.0 Å². The predicted octanol–water partition coefficient (Wildman–Crippen LogP) is 1.59. The molecular formula is C12H19N3O2S. The molecule has 0 saturated heterocycles. The van der Waals surface area contributed by atoms with E-state index >= 15 is 0 Å². The molecule has 5 nitrogen and oxygen atoms in total. The van der Waals surface area contributed by atoms with Crippen molar-refractivity contribution in [3.8, 4) is 0 Å². The van der Waals surface area contributed by atoms with Gasteiger partial charge in [-0.1, -0.05) is 0 Å². The molecule has 0 aliphatic heterocycles. The fraction of sp³-hybridized carbons (Fsp3) is 0.583. The van der Waals surface area contributed by atoms with Crippen molar-refractivity contribution in [1.29, 1.82) is 0 Å². The summed E-state index contributed by atoms with van der Waals surface area (Å²) in [6.45, 7) is 4.51. The Bertz CT molecular complexity index is 512. The highest BCUT2D eigenvalue weighted by molar-refractivity contribution is 7.89. The van der Waals surface area contributed by atoms with Crippen LogP contribution in [0.25, 0.3) is 0 Å². The molecule has 0 spiro atoms. The molecule has 1 aliphatic carbocycles. The minimum absolute atomic E-state index is 0.00955. The van der Waals surface area contributed by atoms with Crippen LogP contribution in [0.15, 0.2) is 23.4 Å². The quantitative estimate of drug-likeness (QED) is 0.822. The second kappa shape index (κ2) is 5.24. The van der Waals surface area contributed by atoms with Gasteiger partial charge in [-0.05, 0) is 38.7 Å². The van der Waals surface area contributed by atoms with E-state index in [4.69, 9.17) is 0 Å². The molecule has 6 heteroatoms. The topological polar surface area (TPSA) is 71.1 Å². The van der Waals surface area contributed by atoms with Gasteiger partial charge >= 0.3 is 0 Å². The molecule has 1 aromatic heterocycles. The summed E-state index contributed by atoms with van der Waals surface area (Å²) in [5, 5.41) is 3.04. The summed E-state index contributed by atoms with van der Waals surface area (Å²) in [5.41, 5.74) is 0.600. The Morgan fingerprint density at radius 3 is 2.83 bits per heavy atom. The molecule has 1 unspecified atom stereocenters. The summed E-state index contributed by atoms with van der Waals surface area (Å²) in [4.78, 5) is 4.12. The van der Waals surface area contributed by atoms with E-state index in [0.717, 1.165) is 12.8 Å². The second-order valence-corrected chi connectivity index (χ2v) is 6.33. The van der Waals surface area contributed by atoms with E-state index in [1.807, 2.05) is 13.8 Å². The van der Waals surface area contributed by atoms with Crippen LogP contribution in [-0.4, -0.2) is 26.0 Å². The van der Waals surface area contributed by atoms with Gasteiger partial charge in [0, 0.05) is 25.0 Å². The number of aromatic nitrogens is 1. The van der Waals surface area contributed by atoms with Crippen LogP contribution in [0, 0.1) is 5.92 Å². The molecule has 1 heterocycles. The number of pyridine rings is 1. The largest absolute Gasteiger partial charge is 0.384 e. The Hall–Kier alpha value is -1.14. The van der Waals surface area contributed by atoms with Gasteiger partial charge in [0.15, 0.2) is 0 Å². The Kier molecular flexibility index (Phi) is 3.87. The van der Waals surface area contributed by atoms with Crippen LogP contribution < -0.4 is 10.0 Å². The van der Waals surface area contributed by atoms with Gasteiger partial charge in [-0.2, -0.15) is 0 Å². The van der Waals surface area contributed by atoms with Gasteiger partial charge in [-0.15, -0.1) is 0 Å². The SMILES string of the molecule is CCNc1ccncc1S(=O)(=O)NC(C)C1CC1. The first-order valence-corrected chi connectivity index (χ1v) is 7.73. The van der Waals surface area contributed by atoms with Crippen molar-refractivity contribution < 1.29 is 8.42 Å². The third-order valence-electron chi connectivity index (χ3n) is 3.11. The third kappa shape index (κ3) is 3.00. The number of hydrogen-bond donors (Lipinski definition) is 2. The molecule has 1 aromatic rings. The summed E-state index contributed by atoms with van der Waals surface area (Å²) in [7, 11) is -3.49. The summed E-state index contributed by atoms with van der Waals surface area (Å²) in [5.74, 6) is 0.485. The zero-order valence-electron chi connectivity index (χ0n) is 10.7. The minimum Gasteiger partial charge on any atom is -0.384 e. The summed E-state index contributed by atoms with van der Waals surface area (Å²) >= 11 is 0. The molecule has 1 fully saturated rings. The number of sulfonamides is 1. The monoisotopic (exact) mass is 269 g/mol. The zero-order chi connectivity index (χ0) is 13.2. The molecule has 1 saturated carbocycles. The molecule has 2 rings (SSSR count). The number of hydrogen-bond acceptors (Lipinski definition) is 4. The van der Waals surface area contributed by atoms with Gasteiger partial charge in [-0.25, -0.2) is 13.1 Å². The summed E-state index contributed by atoms with van der Waals surface area (Å²) in [6.07, 6.45) is 5.19. The molecule has 0 radical (unpaired) electrons. The maximum Gasteiger partial charge on any atom is 0.244 e. The fourth-order valence-corrected chi connectivity index (χ4v) is 3.37. The smallest absolute Gasteiger partial charge is 0.244 e. The molecule has 0 amide bonds. The molecule has 18 heavy (non-hydrogen) atoms. The van der Waals surface area contributed by atoms with Gasteiger partial charge in [0.1, 0.15) is 4.90 Å². The normalized spacial score (nSPS) is 17.4. The van der Waals surface area contributed by atoms with Crippen LogP contribution in [-0.2, 0) is 10.0 Å². The van der Waals surface area contributed by atoms with E-state index in [1.165, 1.54) is 6.20 Å². The first-order chi connectivity index (χ1) is 8.54. The van der Waals surface area contributed by atoms with Crippen molar-refractivity contribution in [2.24, 2.45) is 5.92 Å². The van der Waals surface area contributed by atoms with Gasteiger partial charge < -0.3 is 5.32 Å². The lowest BCUT2D eigenvalue weighted by atomic mass is 10.2. The Balaban J connectivity index is 2.22. The van der Waals surface area contributed by atoms with Crippen LogP contribution >= 0.6 is 0 Å². The Labute approximate surface area is 108 Å². The molecule has 1 aliphatic rings. The average molecular weight is 269 g/mol. The van der Waals surface area contributed by atoms with Crippen LogP contribution in [0.5, 0.6) is 0 Å². The van der Waals surface area contributed by atoms with Gasteiger partial charge in [0.25, 0.3) is 0 Å². The maximum absolute atomic E-state index is 12.3. The van der Waals surface area contributed by atoms with E-state index in [0.29, 0.717) is 18.2 Å². The second-order valence-electron chi connectivity index (χ2n) is 4.65. The van der Waals surface area contributed by atoms with Crippen LogP contribution in [0.1, 0.15) is 26.7 Å². The maximum atomic E-state index is 12.3. The van der Waals surface area contributed by atoms with Crippen molar-refractivity contribution in [3.63, 3.8) is 0 Å². The van der Waals surface area contributed by atoms with Crippen LogP contribution in [0.4, 0.5) is 5.69 Å². The van der Waals surface area contributed by atoms with Gasteiger partial charge in [0.05, 0.1) is 5.69 Å². The fourth-order valence-electron chi connectivity index (χ4n) is 1.93. The molecule has 100 valence electrons. The average Bonchev–Trinajstić information content (AvgIpc) is 3.13. The molecule has 2 N–H and O–H groups in total. The first kappa shape index (κ1) is 13.3. The number of nitrogens with one attached hydrogen (secondary N) is 2. The van der Waals surface area contributed by atoms with E-state index in [9.17, 15) is 8.42 Å². The molecule has 1 atom stereocenters. The first-order valence-electron chi connectivity index (χ1n) is 6.25. The number of anilines is 1. The van der Waals surface area contributed by atoms with Crippen molar-refractivity contribution in [2.45, 2.75) is 37.6 Å². The number of nitrogens with zero attached hydrogens (tertiary/aromatic N) is 1. The molecule has 0 aromatic carbocycles. The van der Waals surface area contributed by atoms with Crippen molar-refractivity contribution in [1.82, 2.24) is 9.71 Å². The van der Waals surface area contributed by atoms with Crippen LogP contribution in [0.3, 0.4) is 0 Å². The standard InChI is InChI=1S/C12H19N3O2S/c1-3-14-11-6-7-13-8-12(11)18(16,17)15-9(2)10-4-5-10/h6-10,15H,3-5H2,1-2H3,(H,13,14). The highest BCUT2D eigenvalue weighted by Gasteiger charge is 2.31. The lowest BCUT2D eigenvalue weighted by Crippen LogP contribution is -2.34.